The average molecular weight is 349 g/mol. The molecule has 0 radical (unpaired) electrons. The Bertz CT molecular complexity index is 699. The van der Waals surface area contributed by atoms with Gasteiger partial charge in [0.15, 0.2) is 5.85 Å². The predicted octanol–water partition coefficient (Wildman–Crippen LogP) is 2.96. The zero-order valence-electron chi connectivity index (χ0n) is 13.5. The van der Waals surface area contributed by atoms with E-state index in [4.69, 9.17) is 9.05 Å². The second-order valence-corrected chi connectivity index (χ2v) is 7.39. The number of aliphatic hydroxyl groups is 1. The highest BCUT2D eigenvalue weighted by Crippen LogP contribution is 2.54. The molecule has 2 aromatic rings. The lowest BCUT2D eigenvalue weighted by Gasteiger charge is -2.28. The van der Waals surface area contributed by atoms with Crippen molar-refractivity contribution in [2.75, 3.05) is 14.2 Å². The number of carbonyl (C=O) groups is 1. The van der Waals surface area contributed by atoms with Gasteiger partial charge in [0.1, 0.15) is 0 Å². The molecule has 128 valence electrons. The fraction of sp³-hybridized carbons (Fsp3) is 0.235. The van der Waals surface area contributed by atoms with Gasteiger partial charge >= 0.3 is 7.60 Å². The van der Waals surface area contributed by atoms with Crippen LogP contribution in [0.3, 0.4) is 0 Å². The van der Waals surface area contributed by atoms with Gasteiger partial charge in [0, 0.05) is 19.8 Å². The largest absolute Gasteiger partial charge is 0.378 e. The Morgan fingerprint density at radius 3 is 2.00 bits per heavy atom. The first kappa shape index (κ1) is 18.4. The van der Waals surface area contributed by atoms with E-state index in [0.29, 0.717) is 11.1 Å². The van der Waals surface area contributed by atoms with E-state index >= 15 is 0 Å². The summed E-state index contributed by atoms with van der Waals surface area (Å²) in [6.45, 7) is 0. The van der Waals surface area contributed by atoms with Gasteiger partial charge in [0.25, 0.3) is 5.91 Å². The van der Waals surface area contributed by atoms with Crippen LogP contribution < -0.4 is 5.32 Å². The third-order valence-electron chi connectivity index (χ3n) is 3.61. The number of benzene rings is 2. The molecule has 24 heavy (non-hydrogen) atoms. The molecule has 2 rings (SSSR count). The maximum absolute atomic E-state index is 12.5. The normalized spacial score (nSPS) is 14.0. The molecule has 0 aliphatic heterocycles. The summed E-state index contributed by atoms with van der Waals surface area (Å²) in [6, 6.07) is 16.4. The van der Waals surface area contributed by atoms with E-state index in [9.17, 15) is 14.5 Å². The summed E-state index contributed by atoms with van der Waals surface area (Å²) in [4.78, 5) is 12.4. The summed E-state index contributed by atoms with van der Waals surface area (Å²) in [5.41, 5.74) is 1.01. The first-order valence-electron chi connectivity index (χ1n) is 7.32. The van der Waals surface area contributed by atoms with Crippen LogP contribution in [0.1, 0.15) is 22.0 Å². The standard InChI is InChI=1S/C17H20NO5P/c1-22-24(21,23-2)17(20)15(13-9-5-3-6-10-13)18-16(19)14-11-7-4-8-12-14/h3-12,15,17,20H,1-2H3,(H,18,19)/t15-,17+/m1/s1. The minimum absolute atomic E-state index is 0.401. The maximum Gasteiger partial charge on any atom is 0.360 e. The van der Waals surface area contributed by atoms with E-state index in [-0.39, 0.29) is 0 Å². The van der Waals surface area contributed by atoms with Crippen LogP contribution >= 0.6 is 7.60 Å². The topological polar surface area (TPSA) is 84.9 Å². The van der Waals surface area contributed by atoms with Gasteiger partial charge in [-0.25, -0.2) is 0 Å². The lowest BCUT2D eigenvalue weighted by Crippen LogP contribution is -2.36. The Kier molecular flexibility index (Phi) is 6.29. The van der Waals surface area contributed by atoms with Gasteiger partial charge in [-0.1, -0.05) is 48.5 Å². The van der Waals surface area contributed by atoms with Crippen LogP contribution in [0.25, 0.3) is 0 Å². The van der Waals surface area contributed by atoms with Crippen LogP contribution in [0.4, 0.5) is 0 Å². The van der Waals surface area contributed by atoms with Crippen LogP contribution in [0.5, 0.6) is 0 Å². The number of hydrogen-bond acceptors (Lipinski definition) is 5. The first-order valence-corrected chi connectivity index (χ1v) is 8.93. The highest BCUT2D eigenvalue weighted by molar-refractivity contribution is 7.54. The summed E-state index contributed by atoms with van der Waals surface area (Å²) in [5.74, 6) is -1.95. The lowest BCUT2D eigenvalue weighted by atomic mass is 10.1. The molecule has 2 atom stereocenters. The molecule has 0 bridgehead atoms. The predicted molar refractivity (Wildman–Crippen MR) is 90.7 cm³/mol. The van der Waals surface area contributed by atoms with Crippen molar-refractivity contribution in [1.82, 2.24) is 5.32 Å². The minimum atomic E-state index is -3.80. The number of aliphatic hydroxyl groups excluding tert-OH is 1. The molecule has 6 nitrogen and oxygen atoms in total. The van der Waals surface area contributed by atoms with Gasteiger partial charge in [0.05, 0.1) is 6.04 Å². The molecule has 0 fully saturated rings. The Labute approximate surface area is 141 Å². The van der Waals surface area contributed by atoms with Crippen molar-refractivity contribution in [2.45, 2.75) is 11.9 Å². The van der Waals surface area contributed by atoms with Crippen molar-refractivity contribution >= 4 is 13.5 Å². The molecule has 2 N–H and O–H groups in total. The van der Waals surface area contributed by atoms with Crippen LogP contribution in [0.15, 0.2) is 60.7 Å². The molecule has 2 aromatic carbocycles. The van der Waals surface area contributed by atoms with Gasteiger partial charge < -0.3 is 19.5 Å². The van der Waals surface area contributed by atoms with Crippen molar-refractivity contribution in [2.24, 2.45) is 0 Å². The molecule has 0 spiro atoms. The van der Waals surface area contributed by atoms with Crippen LogP contribution in [0, 0.1) is 0 Å². The molecule has 0 saturated heterocycles. The second-order valence-electron chi connectivity index (χ2n) is 5.05. The SMILES string of the molecule is COP(=O)(OC)[C@H](O)[C@H](NC(=O)c1ccccc1)c1ccccc1. The molecule has 0 aromatic heterocycles. The van der Waals surface area contributed by atoms with Crippen LogP contribution in [-0.4, -0.2) is 31.1 Å². The molecule has 7 heteroatoms. The number of amides is 1. The van der Waals surface area contributed by atoms with Crippen LogP contribution in [0.2, 0.25) is 0 Å². The lowest BCUT2D eigenvalue weighted by molar-refractivity contribution is 0.0876. The summed E-state index contributed by atoms with van der Waals surface area (Å²) < 4.78 is 22.3. The average Bonchev–Trinajstić information content (AvgIpc) is 2.66. The Balaban J connectivity index is 2.34. The zero-order valence-corrected chi connectivity index (χ0v) is 14.4. The minimum Gasteiger partial charge on any atom is -0.378 e. The van der Waals surface area contributed by atoms with Gasteiger partial charge in [0.2, 0.25) is 0 Å². The zero-order chi connectivity index (χ0) is 17.6. The molecular weight excluding hydrogens is 329 g/mol. The Hall–Kier alpha value is -1.98. The second kappa shape index (κ2) is 8.22. The van der Waals surface area contributed by atoms with Crippen molar-refractivity contribution < 1.29 is 23.5 Å². The van der Waals surface area contributed by atoms with Gasteiger partial charge in [-0.15, -0.1) is 0 Å². The Morgan fingerprint density at radius 1 is 1.00 bits per heavy atom. The smallest absolute Gasteiger partial charge is 0.360 e. The molecule has 0 aliphatic rings. The molecule has 1 amide bonds. The van der Waals surface area contributed by atoms with E-state index in [2.05, 4.69) is 5.32 Å². The van der Waals surface area contributed by atoms with Gasteiger partial charge in [-0.2, -0.15) is 0 Å². The van der Waals surface area contributed by atoms with E-state index in [1.165, 1.54) is 14.2 Å². The molecule has 0 aliphatic carbocycles. The highest BCUT2D eigenvalue weighted by Gasteiger charge is 2.40. The van der Waals surface area contributed by atoms with Crippen molar-refractivity contribution in [3.63, 3.8) is 0 Å². The number of hydrogen-bond donors (Lipinski definition) is 2. The summed E-state index contributed by atoms with van der Waals surface area (Å²) in [6.07, 6.45) is 0. The van der Waals surface area contributed by atoms with Crippen molar-refractivity contribution in [3.8, 4) is 0 Å². The third kappa shape index (κ3) is 4.10. The first-order chi connectivity index (χ1) is 11.5. The number of carbonyl (C=O) groups excluding carboxylic acids is 1. The highest BCUT2D eigenvalue weighted by atomic mass is 31.2. The van der Waals surface area contributed by atoms with E-state index in [0.717, 1.165) is 0 Å². The van der Waals surface area contributed by atoms with Gasteiger partial charge in [-0.05, 0) is 17.7 Å². The quantitative estimate of drug-likeness (QED) is 0.751. The van der Waals surface area contributed by atoms with Crippen LogP contribution in [-0.2, 0) is 13.6 Å². The van der Waals surface area contributed by atoms with E-state index in [1.807, 2.05) is 0 Å². The fourth-order valence-corrected chi connectivity index (χ4v) is 3.47. The molecule has 0 heterocycles. The summed E-state index contributed by atoms with van der Waals surface area (Å²) in [5, 5.41) is 13.3. The molecular formula is C17H20NO5P. The third-order valence-corrected chi connectivity index (χ3v) is 5.58. The Morgan fingerprint density at radius 2 is 1.50 bits per heavy atom. The van der Waals surface area contributed by atoms with Crippen molar-refractivity contribution in [1.29, 1.82) is 0 Å². The number of rotatable bonds is 7. The summed E-state index contributed by atoms with van der Waals surface area (Å²) in [7, 11) is -1.42. The summed E-state index contributed by atoms with van der Waals surface area (Å²) >= 11 is 0. The van der Waals surface area contributed by atoms with Crippen molar-refractivity contribution in [3.05, 3.63) is 71.8 Å². The molecule has 0 saturated carbocycles. The van der Waals surface area contributed by atoms with E-state index < -0.39 is 25.4 Å². The monoisotopic (exact) mass is 349 g/mol. The number of nitrogens with one attached hydrogen (secondary N) is 1. The van der Waals surface area contributed by atoms with E-state index in [1.54, 1.807) is 60.7 Å². The maximum atomic E-state index is 12.5. The molecule has 0 unspecified atom stereocenters. The fourth-order valence-electron chi connectivity index (χ4n) is 2.28. The van der Waals surface area contributed by atoms with Gasteiger partial charge in [-0.3, -0.25) is 9.36 Å².